The van der Waals surface area contributed by atoms with Gasteiger partial charge in [-0.1, -0.05) is 159 Å². The maximum atomic E-state index is 4.62. The molecule has 0 spiro atoms. The van der Waals surface area contributed by atoms with E-state index < -0.39 is 0 Å². The lowest BCUT2D eigenvalue weighted by Crippen LogP contribution is -1.85. The molecule has 0 atom stereocenters. The third kappa shape index (κ3) is 61.8. The van der Waals surface area contributed by atoms with Crippen LogP contribution >= 0.6 is 23.3 Å². The van der Waals surface area contributed by atoms with E-state index in [1.165, 1.54) is 42.9 Å². The Hall–Kier alpha value is -5.39. The van der Waals surface area contributed by atoms with Gasteiger partial charge in [0.15, 0.2) is 12.7 Å². The van der Waals surface area contributed by atoms with Gasteiger partial charge in [-0.25, -0.2) is 9.26 Å². The second-order valence-corrected chi connectivity index (χ2v) is 16.2. The molecule has 0 fully saturated rings. The molecule has 0 aliphatic rings. The summed E-state index contributed by atoms with van der Waals surface area (Å²) in [7, 11) is 0. The molecule has 0 unspecified atom stereocenters. The van der Waals surface area contributed by atoms with Crippen molar-refractivity contribution in [3.8, 4) is 0 Å². The van der Waals surface area contributed by atoms with E-state index in [1.807, 2.05) is 27.7 Å². The van der Waals surface area contributed by atoms with Crippen LogP contribution in [0.5, 0.6) is 0 Å². The predicted molar refractivity (Wildman–Crippen MR) is 229 cm³/mol. The molecule has 0 radical (unpaired) electrons. The molecule has 7 rings (SSSR count). The highest BCUT2D eigenvalue weighted by Crippen LogP contribution is 2.11. The van der Waals surface area contributed by atoms with Crippen LogP contribution in [0.4, 0.5) is 0 Å². The van der Waals surface area contributed by atoms with Gasteiger partial charge < -0.3 is 13.6 Å². The van der Waals surface area contributed by atoms with Crippen molar-refractivity contribution < 1.29 is 22.8 Å². The van der Waals surface area contributed by atoms with E-state index in [-0.39, 0.29) is 5.92 Å². The molecule has 0 N–H and O–H groups in total. The fourth-order valence-corrected chi connectivity index (χ4v) is 2.32. The molecule has 60 heavy (non-hydrogen) atoms. The van der Waals surface area contributed by atoms with Crippen molar-refractivity contribution in [1.29, 1.82) is 0 Å². The minimum Gasteiger partial charge on any atom is -0.365 e. The third-order valence-corrected chi connectivity index (χ3v) is 4.93. The van der Waals surface area contributed by atoms with Crippen molar-refractivity contribution >= 4 is 23.3 Å². The van der Waals surface area contributed by atoms with Gasteiger partial charge in [0.25, 0.3) is 5.89 Å². The average Bonchev–Trinajstić information content (AvgIpc) is 4.06. The zero-order chi connectivity index (χ0) is 46.4. The molecule has 0 aliphatic heterocycles. The molecule has 7 aromatic rings. The Morgan fingerprint density at radius 1 is 0.517 bits per heavy atom. The summed E-state index contributed by atoms with van der Waals surface area (Å²) in [6.45, 7) is 38.2. The highest BCUT2D eigenvalue weighted by Gasteiger charge is 2.03. The summed E-state index contributed by atoms with van der Waals surface area (Å²) in [5, 5.41) is 47.8. The van der Waals surface area contributed by atoms with Crippen molar-refractivity contribution in [2.24, 2.45) is 23.7 Å². The van der Waals surface area contributed by atoms with E-state index in [1.54, 1.807) is 18.5 Å². The minimum atomic E-state index is 0.282. The van der Waals surface area contributed by atoms with E-state index in [0.717, 1.165) is 46.1 Å². The van der Waals surface area contributed by atoms with Crippen molar-refractivity contribution in [3.05, 3.63) is 66.4 Å². The Morgan fingerprint density at radius 3 is 1.32 bits per heavy atom. The van der Waals surface area contributed by atoms with Gasteiger partial charge in [-0.2, -0.15) is 4.37 Å². The fraction of sp³-hybridized carbons (Fsp3) is 0.694. The highest BCUT2D eigenvalue weighted by atomic mass is 32.1. The van der Waals surface area contributed by atoms with Crippen LogP contribution in [0, 0.1) is 23.7 Å². The van der Waals surface area contributed by atoms with Gasteiger partial charge in [-0.05, 0) is 45.3 Å². The number of aromatic nitrogens is 17. The van der Waals surface area contributed by atoms with Gasteiger partial charge in [-0.15, -0.1) is 15.3 Å². The molecule has 0 aromatic carbocycles. The Kier molecular flexibility index (Phi) is 47.3. The zero-order valence-electron chi connectivity index (χ0n) is 38.6. The average molecular weight is 884 g/mol. The molecule has 0 saturated heterocycles. The molecule has 0 bridgehead atoms. The standard InChI is InChI=1S/C5H8N2O.C4H7N3O.C4H7N3S.4C4H10.C3H3NO.C2H2N2O.CHN3O.CHN3S/c1-4(2)5-3-6-8-7-5;2*1-3(2)4-5-6-7-8-4;4*1-4(2)3;1-2-4-5-3-1;1-2-5-4-3-1;2*1-2-4-5-3-1/h3-4H,1-2H3;2*3H,1-2H3;4*4H,1-3H3;1-3H;1-2H;2*1H. The predicted octanol–water partition coefficient (Wildman–Crippen LogP) is 9.63. The summed E-state index contributed by atoms with van der Waals surface area (Å²) < 4.78 is 32.1. The summed E-state index contributed by atoms with van der Waals surface area (Å²) >= 11 is 2.46. The van der Waals surface area contributed by atoms with Crippen LogP contribution in [0.25, 0.3) is 0 Å². The molecule has 0 amide bonds. The highest BCUT2D eigenvalue weighted by molar-refractivity contribution is 7.05. The number of hydrogen-bond acceptors (Lipinski definition) is 24. The van der Waals surface area contributed by atoms with E-state index >= 15 is 0 Å². The van der Waals surface area contributed by atoms with Crippen LogP contribution in [0.15, 0.2) is 72.7 Å². The molecule has 0 saturated carbocycles. The van der Waals surface area contributed by atoms with Gasteiger partial charge in [-0.3, -0.25) is 0 Å². The van der Waals surface area contributed by atoms with Crippen LogP contribution in [-0.2, 0) is 0 Å². The maximum absolute atomic E-state index is 4.62. The Labute approximate surface area is 363 Å². The summed E-state index contributed by atoms with van der Waals surface area (Å²) in [5.74, 6) is 5.09. The first kappa shape index (κ1) is 61.3. The monoisotopic (exact) mass is 884 g/mol. The second kappa shape index (κ2) is 46.3. The quantitative estimate of drug-likeness (QED) is 0.159. The molecule has 24 heteroatoms. The van der Waals surface area contributed by atoms with Gasteiger partial charge in [0, 0.05) is 34.6 Å². The van der Waals surface area contributed by atoms with Crippen LogP contribution in [0.3, 0.4) is 0 Å². The largest absolute Gasteiger partial charge is 0.365 e. The van der Waals surface area contributed by atoms with Crippen LogP contribution in [0.2, 0.25) is 0 Å². The molecule has 22 nitrogen and oxygen atoms in total. The summed E-state index contributed by atoms with van der Waals surface area (Å²) in [6, 6.07) is 1.72. The van der Waals surface area contributed by atoms with Gasteiger partial charge in [0.2, 0.25) is 0 Å². The van der Waals surface area contributed by atoms with Crippen molar-refractivity contribution in [1.82, 2.24) is 85.7 Å². The lowest BCUT2D eigenvalue weighted by atomic mass is 10.2. The molecular weight excluding hydrogens is 815 g/mol. The first-order chi connectivity index (χ1) is 28.3. The Bertz CT molecular complexity index is 1290. The molecule has 0 aliphatic carbocycles. The Morgan fingerprint density at radius 2 is 1.15 bits per heavy atom. The van der Waals surface area contributed by atoms with Crippen molar-refractivity contribution in [3.63, 3.8) is 0 Å². The summed E-state index contributed by atoms with van der Waals surface area (Å²) in [4.78, 5) is 0. The third-order valence-electron chi connectivity index (χ3n) is 3.68. The fourth-order valence-electron chi connectivity index (χ4n) is 1.67. The van der Waals surface area contributed by atoms with Gasteiger partial charge >= 0.3 is 0 Å². The molecule has 340 valence electrons. The van der Waals surface area contributed by atoms with Crippen LogP contribution in [-0.4, -0.2) is 85.7 Å². The first-order valence-corrected chi connectivity index (χ1v) is 20.6. The zero-order valence-corrected chi connectivity index (χ0v) is 40.3. The van der Waals surface area contributed by atoms with E-state index in [2.05, 4.69) is 205 Å². The van der Waals surface area contributed by atoms with E-state index in [9.17, 15) is 0 Å². The molecular formula is C36H69N17O5S2. The van der Waals surface area contributed by atoms with Gasteiger partial charge in [0.1, 0.15) is 23.2 Å². The van der Waals surface area contributed by atoms with Crippen LogP contribution in [0.1, 0.15) is 159 Å². The summed E-state index contributed by atoms with van der Waals surface area (Å²) in [6.07, 6.45) is 10.2. The maximum Gasteiger partial charge on any atom is 0.250 e. The second-order valence-electron chi connectivity index (χ2n) is 14.9. The topological polar surface area (TPSA) is 285 Å². The first-order valence-electron chi connectivity index (χ1n) is 19.1. The number of nitrogens with zero attached hydrogens (tertiary/aromatic N) is 17. The summed E-state index contributed by atoms with van der Waals surface area (Å²) in [5.41, 5.74) is 0.907. The van der Waals surface area contributed by atoms with E-state index in [0.29, 0.717) is 17.7 Å². The molecule has 7 heterocycles. The number of hydrogen-bond donors (Lipinski definition) is 0. The van der Waals surface area contributed by atoms with Crippen molar-refractivity contribution in [2.75, 3.05) is 0 Å². The lowest BCUT2D eigenvalue weighted by Gasteiger charge is -1.91. The normalized spacial score (nSPS) is 9.22. The van der Waals surface area contributed by atoms with E-state index in [4.69, 9.17) is 0 Å². The van der Waals surface area contributed by atoms with Crippen LogP contribution < -0.4 is 0 Å². The Balaban J connectivity index is -0.000000291. The smallest absolute Gasteiger partial charge is 0.250 e. The van der Waals surface area contributed by atoms with Gasteiger partial charge in [0.05, 0.1) is 40.9 Å². The molecule has 7 aromatic heterocycles. The van der Waals surface area contributed by atoms with Crippen molar-refractivity contribution in [2.45, 2.75) is 142 Å². The SMILES string of the molecule is CC(C)C.CC(C)C.CC(C)C.CC(C)C.CC(C)c1cnon1.CC(C)c1nnno1.CC(C)c1nnns1.c1cnoc1.c1conn1.c1nnon1.c1nnsn1. The minimum absolute atomic E-state index is 0.282. The lowest BCUT2D eigenvalue weighted by molar-refractivity contribution is 0.292. The number of rotatable bonds is 3.